The van der Waals surface area contributed by atoms with Crippen LogP contribution in [0.4, 0.5) is 39.5 Å². The van der Waals surface area contributed by atoms with Gasteiger partial charge in [0.1, 0.15) is 0 Å². The predicted molar refractivity (Wildman–Crippen MR) is 87.1 cm³/mol. The van der Waals surface area contributed by atoms with Crippen molar-refractivity contribution in [2.75, 3.05) is 80.0 Å². The lowest BCUT2D eigenvalue weighted by Crippen LogP contribution is -2.44. The van der Waals surface area contributed by atoms with Crippen LogP contribution < -0.4 is 0 Å². The van der Waals surface area contributed by atoms with Crippen LogP contribution in [0.2, 0.25) is 0 Å². The van der Waals surface area contributed by atoms with Crippen molar-refractivity contribution in [3.8, 4) is 0 Å². The molecule has 0 radical (unpaired) electrons. The van der Waals surface area contributed by atoms with Crippen LogP contribution in [0.25, 0.3) is 0 Å². The van der Waals surface area contributed by atoms with E-state index >= 15 is 0 Å². The molecule has 170 valence electrons. The van der Waals surface area contributed by atoms with Crippen molar-refractivity contribution in [3.05, 3.63) is 0 Å². The summed E-state index contributed by atoms with van der Waals surface area (Å²) >= 11 is 0. The van der Waals surface area contributed by atoms with E-state index in [9.17, 15) is 39.5 Å². The van der Waals surface area contributed by atoms with E-state index in [4.69, 9.17) is 0 Å². The second-order valence-electron chi connectivity index (χ2n) is 6.90. The van der Waals surface area contributed by atoms with Crippen LogP contribution in [0.5, 0.6) is 0 Å². The number of alkyl halides is 9. The van der Waals surface area contributed by atoms with Crippen LogP contribution in [-0.2, 0) is 0 Å². The molecule has 28 heavy (non-hydrogen) atoms. The molecule has 0 unspecified atom stereocenters. The normalized spacial score (nSPS) is 14.1. The Morgan fingerprint density at radius 1 is 0.429 bits per heavy atom. The number of hydrogen-bond donors (Lipinski definition) is 0. The molecule has 0 aromatic heterocycles. The van der Waals surface area contributed by atoms with Gasteiger partial charge in [-0.3, -0.25) is 19.6 Å². The third-order valence-corrected chi connectivity index (χ3v) is 3.74. The molecule has 0 amide bonds. The molecule has 0 aliphatic heterocycles. The maximum atomic E-state index is 12.4. The van der Waals surface area contributed by atoms with E-state index in [1.807, 2.05) is 0 Å². The van der Waals surface area contributed by atoms with Crippen molar-refractivity contribution >= 4 is 0 Å². The molecule has 0 aromatic rings. The Bertz CT molecular complexity index is 361. The summed E-state index contributed by atoms with van der Waals surface area (Å²) in [4.78, 5) is 4.58. The molecule has 13 heteroatoms. The maximum absolute atomic E-state index is 12.4. The van der Waals surface area contributed by atoms with E-state index in [0.717, 1.165) is 14.7 Å². The van der Waals surface area contributed by atoms with Crippen LogP contribution in [0.1, 0.15) is 0 Å². The molecule has 0 aliphatic carbocycles. The quantitative estimate of drug-likeness (QED) is 0.438. The zero-order chi connectivity index (χ0) is 22.2. The largest absolute Gasteiger partial charge is 0.401 e. The molecule has 0 saturated carbocycles. The lowest BCUT2D eigenvalue weighted by atomic mass is 10.3. The molecule has 0 saturated heterocycles. The van der Waals surface area contributed by atoms with Gasteiger partial charge in [0.05, 0.1) is 19.6 Å². The molecule has 0 heterocycles. The van der Waals surface area contributed by atoms with E-state index < -0.39 is 38.2 Å². The fourth-order valence-corrected chi connectivity index (χ4v) is 2.43. The Labute approximate surface area is 158 Å². The predicted octanol–water partition coefficient (Wildman–Crippen LogP) is 2.77. The summed E-state index contributed by atoms with van der Waals surface area (Å²) in [6.07, 6.45) is -13.2. The average molecular weight is 434 g/mol. The summed E-state index contributed by atoms with van der Waals surface area (Å²) in [7, 11) is 3.74. The van der Waals surface area contributed by atoms with Gasteiger partial charge >= 0.3 is 18.5 Å². The first-order chi connectivity index (χ1) is 12.5. The van der Waals surface area contributed by atoms with Crippen LogP contribution in [0, 0.1) is 0 Å². The van der Waals surface area contributed by atoms with Gasteiger partial charge in [0, 0.05) is 39.3 Å². The Morgan fingerprint density at radius 2 is 0.643 bits per heavy atom. The van der Waals surface area contributed by atoms with E-state index in [0.29, 0.717) is 0 Å². The van der Waals surface area contributed by atoms with Crippen molar-refractivity contribution < 1.29 is 39.5 Å². The van der Waals surface area contributed by atoms with Gasteiger partial charge in [0.15, 0.2) is 0 Å². The third kappa shape index (κ3) is 17.3. The van der Waals surface area contributed by atoms with Gasteiger partial charge < -0.3 is 0 Å². The smallest absolute Gasteiger partial charge is 0.300 e. The highest BCUT2D eigenvalue weighted by molar-refractivity contribution is 4.69. The van der Waals surface area contributed by atoms with Gasteiger partial charge in [0.2, 0.25) is 0 Å². The molecular weight excluding hydrogens is 407 g/mol. The number of hydrogen-bond acceptors (Lipinski definition) is 4. The molecule has 0 aromatic carbocycles. The molecule has 0 spiro atoms. The Balaban J connectivity index is 4.64. The Hall–Kier alpha value is -0.790. The fraction of sp³-hybridized carbons (Fsp3) is 1.00. The topological polar surface area (TPSA) is 13.0 Å². The third-order valence-electron chi connectivity index (χ3n) is 3.74. The van der Waals surface area contributed by atoms with E-state index in [2.05, 4.69) is 0 Å². The van der Waals surface area contributed by atoms with Gasteiger partial charge in [0.25, 0.3) is 0 Å². The van der Waals surface area contributed by atoms with Gasteiger partial charge in [-0.1, -0.05) is 0 Å². The summed E-state index contributed by atoms with van der Waals surface area (Å²) < 4.78 is 111. The van der Waals surface area contributed by atoms with Crippen LogP contribution >= 0.6 is 0 Å². The summed E-state index contributed by atoms with van der Waals surface area (Å²) in [6.45, 7) is -3.25. The van der Waals surface area contributed by atoms with Crippen molar-refractivity contribution in [2.24, 2.45) is 0 Å². The van der Waals surface area contributed by atoms with Crippen molar-refractivity contribution in [3.63, 3.8) is 0 Å². The first-order valence-corrected chi connectivity index (χ1v) is 8.45. The lowest BCUT2D eigenvalue weighted by molar-refractivity contribution is -0.143. The second kappa shape index (κ2) is 11.4. The van der Waals surface area contributed by atoms with Crippen LogP contribution in [0.3, 0.4) is 0 Å². The fourth-order valence-electron chi connectivity index (χ4n) is 2.43. The van der Waals surface area contributed by atoms with Crippen molar-refractivity contribution in [2.45, 2.75) is 18.5 Å². The minimum atomic E-state index is -4.39. The number of rotatable bonds is 12. The highest BCUT2D eigenvalue weighted by atomic mass is 19.4. The molecular formula is C15H27F9N4. The van der Waals surface area contributed by atoms with Crippen molar-refractivity contribution in [1.29, 1.82) is 0 Å². The van der Waals surface area contributed by atoms with Gasteiger partial charge in [-0.25, -0.2) is 0 Å². The number of nitrogens with zero attached hydrogens (tertiary/aromatic N) is 4. The maximum Gasteiger partial charge on any atom is 0.401 e. The minimum absolute atomic E-state index is 0.0223. The highest BCUT2D eigenvalue weighted by Gasteiger charge is 2.31. The zero-order valence-corrected chi connectivity index (χ0v) is 16.1. The molecule has 0 atom stereocenters. The van der Waals surface area contributed by atoms with Crippen LogP contribution in [0.15, 0.2) is 0 Å². The highest BCUT2D eigenvalue weighted by Crippen LogP contribution is 2.17. The summed E-state index contributed by atoms with van der Waals surface area (Å²) in [6, 6.07) is 0. The minimum Gasteiger partial charge on any atom is -0.300 e. The Morgan fingerprint density at radius 3 is 0.821 bits per heavy atom. The monoisotopic (exact) mass is 434 g/mol. The SMILES string of the molecule is CN(CCN(CCN(C)CC(F)(F)F)CCN(C)CC(F)(F)F)CC(F)(F)F. The molecule has 0 rings (SSSR count). The summed E-state index contributed by atoms with van der Waals surface area (Å²) in [5.41, 5.74) is 0. The number of likely N-dealkylation sites (N-methyl/N-ethyl adjacent to an activating group) is 3. The molecule has 0 aliphatic rings. The second-order valence-corrected chi connectivity index (χ2v) is 6.90. The molecule has 0 fully saturated rings. The number of halogens is 9. The first kappa shape index (κ1) is 27.2. The van der Waals surface area contributed by atoms with Gasteiger partial charge in [-0.05, 0) is 21.1 Å². The van der Waals surface area contributed by atoms with Gasteiger partial charge in [-0.15, -0.1) is 0 Å². The Kier molecular flexibility index (Phi) is 11.1. The van der Waals surface area contributed by atoms with Gasteiger partial charge in [-0.2, -0.15) is 39.5 Å². The van der Waals surface area contributed by atoms with Crippen LogP contribution in [-0.4, -0.2) is 118 Å². The van der Waals surface area contributed by atoms with E-state index in [1.54, 1.807) is 4.90 Å². The molecule has 0 N–H and O–H groups in total. The standard InChI is InChI=1S/C15H27F9N4/c1-25(10-13(16,17)18)4-7-28(8-5-26(2)11-14(19,20)21)9-6-27(3)12-15(22,23)24/h4-12H2,1-3H3. The van der Waals surface area contributed by atoms with E-state index in [1.165, 1.54) is 21.1 Å². The lowest BCUT2D eigenvalue weighted by Gasteiger charge is -2.29. The molecule has 4 nitrogen and oxygen atoms in total. The first-order valence-electron chi connectivity index (χ1n) is 8.45. The van der Waals surface area contributed by atoms with Crippen molar-refractivity contribution in [1.82, 2.24) is 19.6 Å². The summed E-state index contributed by atoms with van der Waals surface area (Å²) in [5.74, 6) is 0. The molecule has 0 bridgehead atoms. The van der Waals surface area contributed by atoms with E-state index in [-0.39, 0.29) is 39.3 Å². The average Bonchev–Trinajstić information content (AvgIpc) is 2.40. The summed E-state index contributed by atoms with van der Waals surface area (Å²) in [5, 5.41) is 0. The zero-order valence-electron chi connectivity index (χ0n) is 16.1.